The maximum Gasteiger partial charge on any atom is 0.122 e. The lowest BCUT2D eigenvalue weighted by Crippen LogP contribution is -2.31. The van der Waals surface area contributed by atoms with E-state index in [1.807, 2.05) is 6.92 Å². The number of nitrogens with one attached hydrogen (secondary N) is 1. The van der Waals surface area contributed by atoms with Gasteiger partial charge < -0.3 is 15.0 Å². The monoisotopic (exact) mass is 250 g/mol. The maximum atomic E-state index is 5.58. The second kappa shape index (κ2) is 7.39. The zero-order valence-corrected chi connectivity index (χ0v) is 12.3. The quantitative estimate of drug-likeness (QED) is 0.805. The molecule has 0 bridgehead atoms. The Morgan fingerprint density at radius 1 is 1.28 bits per heavy atom. The first-order chi connectivity index (χ1) is 8.60. The smallest absolute Gasteiger partial charge is 0.122 e. The van der Waals surface area contributed by atoms with E-state index in [-0.39, 0.29) is 0 Å². The van der Waals surface area contributed by atoms with E-state index in [0.29, 0.717) is 12.6 Å². The van der Waals surface area contributed by atoms with Crippen LogP contribution in [0.2, 0.25) is 0 Å². The number of likely N-dealkylation sites (N-methyl/N-ethyl adjacent to an activating group) is 2. The molecule has 0 aliphatic carbocycles. The van der Waals surface area contributed by atoms with E-state index >= 15 is 0 Å². The van der Waals surface area contributed by atoms with Crippen LogP contribution in [0.3, 0.4) is 0 Å². The minimum atomic E-state index is 0.402. The van der Waals surface area contributed by atoms with Crippen molar-refractivity contribution in [1.82, 2.24) is 10.2 Å². The molecule has 1 unspecified atom stereocenters. The molecule has 0 saturated heterocycles. The van der Waals surface area contributed by atoms with Crippen molar-refractivity contribution in [3.8, 4) is 5.75 Å². The van der Waals surface area contributed by atoms with Crippen LogP contribution in [0.4, 0.5) is 0 Å². The lowest BCUT2D eigenvalue weighted by molar-refractivity contribution is 0.289. The van der Waals surface area contributed by atoms with Crippen LogP contribution in [-0.4, -0.2) is 38.7 Å². The predicted molar refractivity (Wildman–Crippen MR) is 77.3 cm³/mol. The fourth-order valence-electron chi connectivity index (χ4n) is 2.08. The molecule has 0 aliphatic rings. The van der Waals surface area contributed by atoms with Crippen LogP contribution in [0.5, 0.6) is 5.75 Å². The summed E-state index contributed by atoms with van der Waals surface area (Å²) in [5, 5.41) is 3.41. The topological polar surface area (TPSA) is 24.5 Å². The van der Waals surface area contributed by atoms with Gasteiger partial charge in [0.25, 0.3) is 0 Å². The molecule has 0 aliphatic heterocycles. The molecule has 0 amide bonds. The van der Waals surface area contributed by atoms with Crippen molar-refractivity contribution in [3.05, 3.63) is 29.3 Å². The van der Waals surface area contributed by atoms with Crippen molar-refractivity contribution in [3.63, 3.8) is 0 Å². The van der Waals surface area contributed by atoms with Crippen LogP contribution in [-0.2, 0) is 0 Å². The summed E-state index contributed by atoms with van der Waals surface area (Å²) in [6.45, 7) is 8.94. The van der Waals surface area contributed by atoms with Crippen LogP contribution in [0, 0.1) is 6.92 Å². The van der Waals surface area contributed by atoms with E-state index in [9.17, 15) is 0 Å². The van der Waals surface area contributed by atoms with Crippen molar-refractivity contribution in [1.29, 1.82) is 0 Å². The van der Waals surface area contributed by atoms with Gasteiger partial charge in [-0.3, -0.25) is 0 Å². The number of rotatable bonds is 7. The van der Waals surface area contributed by atoms with Gasteiger partial charge in [-0.25, -0.2) is 0 Å². The second-order valence-corrected chi connectivity index (χ2v) is 4.75. The largest absolute Gasteiger partial charge is 0.494 e. The standard InChI is InChI=1S/C15H26N2O/c1-6-16-11-14(17(4)5)13-8-9-15(18-7-2)12(3)10-13/h8-10,14,16H,6-7,11H2,1-5H3. The average molecular weight is 250 g/mol. The zero-order valence-electron chi connectivity index (χ0n) is 12.3. The molecule has 3 heteroatoms. The van der Waals surface area contributed by atoms with Crippen molar-refractivity contribution >= 4 is 0 Å². The molecule has 0 radical (unpaired) electrons. The summed E-state index contributed by atoms with van der Waals surface area (Å²) in [5.41, 5.74) is 2.54. The predicted octanol–water partition coefficient (Wildman–Crippen LogP) is 2.61. The molecule has 1 aromatic rings. The first-order valence-corrected chi connectivity index (χ1v) is 6.70. The normalized spacial score (nSPS) is 12.8. The fourth-order valence-corrected chi connectivity index (χ4v) is 2.08. The highest BCUT2D eigenvalue weighted by atomic mass is 16.5. The second-order valence-electron chi connectivity index (χ2n) is 4.75. The molecule has 102 valence electrons. The number of aryl methyl sites for hydroxylation is 1. The number of benzene rings is 1. The Balaban J connectivity index is 2.88. The molecule has 0 saturated carbocycles. The van der Waals surface area contributed by atoms with Gasteiger partial charge in [-0.1, -0.05) is 19.1 Å². The van der Waals surface area contributed by atoms with Crippen LogP contribution in [0.25, 0.3) is 0 Å². The average Bonchev–Trinajstić information content (AvgIpc) is 2.32. The molecule has 1 aromatic carbocycles. The molecule has 0 aromatic heterocycles. The molecular weight excluding hydrogens is 224 g/mol. The summed E-state index contributed by atoms with van der Waals surface area (Å²) in [6, 6.07) is 6.88. The van der Waals surface area contributed by atoms with Gasteiger partial charge in [0.15, 0.2) is 0 Å². The Bertz CT molecular complexity index is 364. The fraction of sp³-hybridized carbons (Fsp3) is 0.600. The molecule has 1 atom stereocenters. The third kappa shape index (κ3) is 4.00. The van der Waals surface area contributed by atoms with E-state index < -0.39 is 0 Å². The number of hydrogen-bond donors (Lipinski definition) is 1. The number of ether oxygens (including phenoxy) is 1. The minimum absolute atomic E-state index is 0.402. The van der Waals surface area contributed by atoms with Crippen LogP contribution in [0.1, 0.15) is 31.0 Å². The van der Waals surface area contributed by atoms with E-state index in [4.69, 9.17) is 4.74 Å². The highest BCUT2D eigenvalue weighted by molar-refractivity contribution is 5.37. The molecule has 0 spiro atoms. The lowest BCUT2D eigenvalue weighted by Gasteiger charge is -2.25. The number of hydrogen-bond acceptors (Lipinski definition) is 3. The van der Waals surface area contributed by atoms with E-state index in [0.717, 1.165) is 18.8 Å². The highest BCUT2D eigenvalue weighted by Gasteiger charge is 2.14. The Hall–Kier alpha value is -1.06. The molecule has 1 N–H and O–H groups in total. The highest BCUT2D eigenvalue weighted by Crippen LogP contribution is 2.24. The summed E-state index contributed by atoms with van der Waals surface area (Å²) < 4.78 is 5.58. The van der Waals surface area contributed by atoms with E-state index in [1.54, 1.807) is 0 Å². The van der Waals surface area contributed by atoms with Crippen molar-refractivity contribution in [2.24, 2.45) is 0 Å². The van der Waals surface area contributed by atoms with Crippen LogP contribution >= 0.6 is 0 Å². The zero-order chi connectivity index (χ0) is 13.5. The van der Waals surface area contributed by atoms with Gasteiger partial charge in [0, 0.05) is 12.6 Å². The SMILES string of the molecule is CCNCC(c1ccc(OCC)c(C)c1)N(C)C. The molecule has 0 heterocycles. The third-order valence-corrected chi connectivity index (χ3v) is 3.09. The molecule has 18 heavy (non-hydrogen) atoms. The van der Waals surface area contributed by atoms with Gasteiger partial charge in [0.05, 0.1) is 6.61 Å². The molecular formula is C15H26N2O. The molecule has 0 fully saturated rings. The van der Waals surface area contributed by atoms with Crippen LogP contribution < -0.4 is 10.1 Å². The van der Waals surface area contributed by atoms with Gasteiger partial charge in [-0.15, -0.1) is 0 Å². The van der Waals surface area contributed by atoms with Gasteiger partial charge in [-0.2, -0.15) is 0 Å². The maximum absolute atomic E-state index is 5.58. The Morgan fingerprint density at radius 3 is 2.50 bits per heavy atom. The van der Waals surface area contributed by atoms with E-state index in [1.165, 1.54) is 11.1 Å². The van der Waals surface area contributed by atoms with Crippen molar-refractivity contribution in [2.45, 2.75) is 26.8 Å². The molecule has 1 rings (SSSR count). The number of nitrogens with zero attached hydrogens (tertiary/aromatic N) is 1. The summed E-state index contributed by atoms with van der Waals surface area (Å²) >= 11 is 0. The van der Waals surface area contributed by atoms with Crippen molar-refractivity contribution in [2.75, 3.05) is 33.8 Å². The summed E-state index contributed by atoms with van der Waals surface area (Å²) in [6.07, 6.45) is 0. The van der Waals surface area contributed by atoms with Gasteiger partial charge >= 0.3 is 0 Å². The Labute approximate surface area is 111 Å². The molecule has 3 nitrogen and oxygen atoms in total. The van der Waals surface area contributed by atoms with Gasteiger partial charge in [-0.05, 0) is 51.7 Å². The first-order valence-electron chi connectivity index (χ1n) is 6.70. The third-order valence-electron chi connectivity index (χ3n) is 3.09. The van der Waals surface area contributed by atoms with Crippen molar-refractivity contribution < 1.29 is 4.74 Å². The Kier molecular flexibility index (Phi) is 6.16. The summed E-state index contributed by atoms with van der Waals surface area (Å²) in [4.78, 5) is 2.25. The van der Waals surface area contributed by atoms with Crippen LogP contribution in [0.15, 0.2) is 18.2 Å². The van der Waals surface area contributed by atoms with E-state index in [2.05, 4.69) is 56.4 Å². The summed E-state index contributed by atoms with van der Waals surface area (Å²) in [7, 11) is 4.24. The first kappa shape index (κ1) is 15.0. The van der Waals surface area contributed by atoms with Gasteiger partial charge in [0.1, 0.15) is 5.75 Å². The van der Waals surface area contributed by atoms with Gasteiger partial charge in [0.2, 0.25) is 0 Å². The minimum Gasteiger partial charge on any atom is -0.494 e. The lowest BCUT2D eigenvalue weighted by atomic mass is 10.0. The summed E-state index contributed by atoms with van der Waals surface area (Å²) in [5.74, 6) is 0.988. The Morgan fingerprint density at radius 2 is 2.00 bits per heavy atom.